The molecule has 4 aliphatic rings. The van der Waals surface area contributed by atoms with Crippen LogP contribution in [0.5, 0.6) is 11.5 Å². The average molecular weight is 752 g/mol. The van der Waals surface area contributed by atoms with Crippen LogP contribution in [0, 0.1) is 5.92 Å². The molecule has 0 unspecified atom stereocenters. The fraction of sp³-hybridized carbons (Fsp3) is 0.341. The van der Waals surface area contributed by atoms with Gasteiger partial charge in [-0.25, -0.2) is 0 Å². The molecule has 3 amide bonds. The van der Waals surface area contributed by atoms with Crippen LogP contribution in [0.1, 0.15) is 47.7 Å². The van der Waals surface area contributed by atoms with Gasteiger partial charge in [0.15, 0.2) is 19.7 Å². The van der Waals surface area contributed by atoms with E-state index in [2.05, 4.69) is 0 Å². The molecule has 4 aliphatic heterocycles. The van der Waals surface area contributed by atoms with Crippen molar-refractivity contribution in [1.82, 2.24) is 4.90 Å². The average Bonchev–Trinajstić information content (AvgIpc) is 3.77. The standard InChI is InChI=1S/C41H42ClN3O7Si/c1-25-38(53(2,3)50)36(22-37(47)43-19-9-12-29(43)24-46)52-41(25)31-21-27(42)17-18-32(31)44(40(41)49)23-26-10-8-11-28(20-26)45-33-14-5-7-16-35(33)51-34-15-6-4-13-30(34)39(45)48/h4-8,10-11,13-18,20-21,25,29,36,38,46,50H,9,12,19,22-24H2,1-3H3/t25-,29+,36+,38-,41+/m1/s1. The maximum atomic E-state index is 15.0. The Hall–Kier alpha value is -4.52. The Morgan fingerprint density at radius 1 is 0.962 bits per heavy atom. The monoisotopic (exact) mass is 751 g/mol. The van der Waals surface area contributed by atoms with Gasteiger partial charge in [-0.3, -0.25) is 19.3 Å². The molecule has 53 heavy (non-hydrogen) atoms. The predicted molar refractivity (Wildman–Crippen MR) is 204 cm³/mol. The first-order chi connectivity index (χ1) is 25.4. The maximum absolute atomic E-state index is 15.0. The quantitative estimate of drug-likeness (QED) is 0.193. The van der Waals surface area contributed by atoms with Gasteiger partial charge in [-0.15, -0.1) is 0 Å². The number of nitrogens with zero attached hydrogens (tertiary/aromatic N) is 3. The van der Waals surface area contributed by atoms with Gasteiger partial charge in [-0.05, 0) is 86.1 Å². The van der Waals surface area contributed by atoms with Gasteiger partial charge in [0, 0.05) is 34.3 Å². The molecule has 0 aromatic heterocycles. The van der Waals surface area contributed by atoms with Gasteiger partial charge in [0.2, 0.25) is 5.91 Å². The topological polar surface area (TPSA) is 120 Å². The lowest BCUT2D eigenvalue weighted by atomic mass is 9.82. The zero-order valence-electron chi connectivity index (χ0n) is 29.9. The lowest BCUT2D eigenvalue weighted by Crippen LogP contribution is -2.46. The number of aliphatic hydroxyl groups is 1. The number of anilines is 3. The SMILES string of the molecule is C[C@@H]1[C@@H]([Si](C)(C)O)[C@H](CC(=O)N2CCC[C@H]2CO)O[C@@]12C(=O)N(Cc1cccc(N3C(=O)c4ccccc4Oc4ccccc43)c1)c1ccc(Cl)cc12. The lowest BCUT2D eigenvalue weighted by molar-refractivity contribution is -0.150. The highest BCUT2D eigenvalue weighted by atomic mass is 35.5. The van der Waals surface area contributed by atoms with Crippen LogP contribution in [-0.2, 0) is 26.5 Å². The summed E-state index contributed by atoms with van der Waals surface area (Å²) in [7, 11) is -3.02. The summed E-state index contributed by atoms with van der Waals surface area (Å²) in [6, 6.07) is 27.2. The van der Waals surface area contributed by atoms with Gasteiger partial charge >= 0.3 is 0 Å². The minimum atomic E-state index is -3.02. The van der Waals surface area contributed by atoms with Crippen LogP contribution in [0.2, 0.25) is 23.7 Å². The van der Waals surface area contributed by atoms with E-state index in [0.717, 1.165) is 18.4 Å². The first kappa shape index (κ1) is 35.5. The lowest BCUT2D eigenvalue weighted by Gasteiger charge is -2.33. The summed E-state index contributed by atoms with van der Waals surface area (Å²) in [6.07, 6.45) is 0.820. The van der Waals surface area contributed by atoms with Gasteiger partial charge in [0.05, 0.1) is 48.7 Å². The summed E-state index contributed by atoms with van der Waals surface area (Å²) in [5.41, 5.74) is 1.72. The summed E-state index contributed by atoms with van der Waals surface area (Å²) in [4.78, 5) is 59.6. The van der Waals surface area contributed by atoms with Crippen LogP contribution in [-0.4, -0.2) is 66.1 Å². The Balaban J connectivity index is 1.15. The van der Waals surface area contributed by atoms with Crippen LogP contribution in [0.3, 0.4) is 0 Å². The van der Waals surface area contributed by atoms with Crippen molar-refractivity contribution in [2.75, 3.05) is 23.0 Å². The van der Waals surface area contributed by atoms with Gasteiger partial charge in [0.1, 0.15) is 5.75 Å². The highest BCUT2D eigenvalue weighted by molar-refractivity contribution is 6.71. The summed E-state index contributed by atoms with van der Waals surface area (Å²) in [5, 5.41) is 10.4. The minimum absolute atomic E-state index is 0.00630. The molecular formula is C41H42ClN3O7Si. The van der Waals surface area contributed by atoms with E-state index < -0.39 is 31.5 Å². The molecule has 4 aromatic carbocycles. The fourth-order valence-corrected chi connectivity index (χ4v) is 11.8. The van der Waals surface area contributed by atoms with Crippen molar-refractivity contribution in [3.05, 3.63) is 113 Å². The van der Waals surface area contributed by atoms with E-state index in [4.69, 9.17) is 21.1 Å². The van der Waals surface area contributed by atoms with Gasteiger partial charge < -0.3 is 29.2 Å². The number of rotatable bonds is 7. The van der Waals surface area contributed by atoms with E-state index in [-0.39, 0.29) is 43.3 Å². The van der Waals surface area contributed by atoms with Crippen LogP contribution in [0.4, 0.5) is 17.1 Å². The molecule has 4 heterocycles. The predicted octanol–water partition coefficient (Wildman–Crippen LogP) is 7.14. The first-order valence-electron chi connectivity index (χ1n) is 18.1. The highest BCUT2D eigenvalue weighted by Crippen LogP contribution is 2.60. The number of likely N-dealkylation sites (tertiary alicyclic amines) is 1. The molecule has 0 bridgehead atoms. The van der Waals surface area contributed by atoms with E-state index in [1.54, 1.807) is 45.0 Å². The molecule has 0 saturated carbocycles. The fourth-order valence-electron chi connectivity index (χ4n) is 9.09. The van der Waals surface area contributed by atoms with E-state index in [0.29, 0.717) is 51.3 Å². The molecule has 2 N–H and O–H groups in total. The van der Waals surface area contributed by atoms with Crippen LogP contribution < -0.4 is 14.5 Å². The Morgan fingerprint density at radius 3 is 2.49 bits per heavy atom. The number of fused-ring (bicyclic) bond motifs is 4. The number of amides is 3. The van der Waals surface area contributed by atoms with Crippen molar-refractivity contribution < 1.29 is 33.8 Å². The van der Waals surface area contributed by atoms with Crippen molar-refractivity contribution in [1.29, 1.82) is 0 Å². The summed E-state index contributed by atoms with van der Waals surface area (Å²) >= 11 is 6.61. The zero-order chi connectivity index (χ0) is 37.2. The third kappa shape index (κ3) is 5.86. The molecule has 5 atom stereocenters. The molecule has 0 aliphatic carbocycles. The third-order valence-corrected chi connectivity index (χ3v) is 14.1. The van der Waals surface area contributed by atoms with Crippen molar-refractivity contribution in [3.8, 4) is 11.5 Å². The van der Waals surface area contributed by atoms with Crippen LogP contribution in [0.15, 0.2) is 91.0 Å². The summed E-state index contributed by atoms with van der Waals surface area (Å²) < 4.78 is 13.1. The first-order valence-corrected chi connectivity index (χ1v) is 21.5. The second kappa shape index (κ2) is 13.4. The number of para-hydroxylation sites is 3. The minimum Gasteiger partial charge on any atom is -0.454 e. The molecule has 274 valence electrons. The van der Waals surface area contributed by atoms with Crippen molar-refractivity contribution in [2.24, 2.45) is 5.92 Å². The van der Waals surface area contributed by atoms with Crippen molar-refractivity contribution >= 4 is 54.7 Å². The molecule has 4 aromatic rings. The molecular weight excluding hydrogens is 710 g/mol. The van der Waals surface area contributed by atoms with E-state index in [1.165, 1.54) is 0 Å². The number of hydrogen-bond acceptors (Lipinski definition) is 7. The molecule has 2 fully saturated rings. The van der Waals surface area contributed by atoms with E-state index in [9.17, 15) is 19.5 Å². The Morgan fingerprint density at radius 2 is 1.72 bits per heavy atom. The second-order valence-corrected chi connectivity index (χ2v) is 19.5. The number of ether oxygens (including phenoxy) is 2. The summed E-state index contributed by atoms with van der Waals surface area (Å²) in [5.74, 6) is -0.152. The number of hydrogen-bond donors (Lipinski definition) is 2. The highest BCUT2D eigenvalue weighted by Gasteiger charge is 2.66. The van der Waals surface area contributed by atoms with Gasteiger partial charge in [-0.1, -0.05) is 54.9 Å². The number of benzene rings is 4. The molecule has 10 nitrogen and oxygen atoms in total. The second-order valence-electron chi connectivity index (χ2n) is 15.1. The van der Waals surface area contributed by atoms with E-state index in [1.807, 2.05) is 80.7 Å². The Bertz CT molecular complexity index is 2120. The zero-order valence-corrected chi connectivity index (χ0v) is 31.6. The van der Waals surface area contributed by atoms with Gasteiger partial charge in [0.25, 0.3) is 11.8 Å². The summed E-state index contributed by atoms with van der Waals surface area (Å²) in [6.45, 7) is 6.20. The molecule has 12 heteroatoms. The van der Waals surface area contributed by atoms with Crippen molar-refractivity contribution in [2.45, 2.75) is 69.1 Å². The molecule has 0 radical (unpaired) electrons. The van der Waals surface area contributed by atoms with Crippen LogP contribution >= 0.6 is 11.6 Å². The number of carbonyl (C=O) groups excluding carboxylic acids is 3. The molecule has 8 rings (SSSR count). The third-order valence-electron chi connectivity index (χ3n) is 11.4. The Labute approximate surface area is 314 Å². The largest absolute Gasteiger partial charge is 0.454 e. The normalized spacial score (nSPS) is 25.0. The number of halogens is 1. The number of carbonyl (C=O) groups is 3. The Kier molecular flexibility index (Phi) is 8.98. The smallest absolute Gasteiger partial charge is 0.266 e. The van der Waals surface area contributed by atoms with E-state index >= 15 is 4.79 Å². The maximum Gasteiger partial charge on any atom is 0.266 e. The molecule has 2 saturated heterocycles. The van der Waals surface area contributed by atoms with Crippen LogP contribution in [0.25, 0.3) is 0 Å². The molecule has 1 spiro atoms. The van der Waals surface area contributed by atoms with Gasteiger partial charge in [-0.2, -0.15) is 0 Å². The number of aliphatic hydroxyl groups excluding tert-OH is 1. The van der Waals surface area contributed by atoms with Crippen molar-refractivity contribution in [3.63, 3.8) is 0 Å².